The maximum atomic E-state index is 3.43. The molecule has 1 N–H and O–H groups in total. The van der Waals surface area contributed by atoms with Crippen molar-refractivity contribution in [3.8, 4) is 0 Å². The lowest BCUT2D eigenvalue weighted by Gasteiger charge is -2.16. The van der Waals surface area contributed by atoms with Gasteiger partial charge >= 0.3 is 0 Å². The number of hydrogen-bond acceptors (Lipinski definition) is 3. The number of thioether (sulfide) groups is 1. The summed E-state index contributed by atoms with van der Waals surface area (Å²) in [7, 11) is 2.19. The van der Waals surface area contributed by atoms with Crippen LogP contribution in [-0.2, 0) is 13.0 Å². The molecule has 0 radical (unpaired) electrons. The van der Waals surface area contributed by atoms with E-state index >= 15 is 0 Å². The van der Waals surface area contributed by atoms with Crippen molar-refractivity contribution in [3.05, 3.63) is 29.3 Å². The van der Waals surface area contributed by atoms with Crippen molar-refractivity contribution in [2.45, 2.75) is 13.0 Å². The number of benzene rings is 1. The SMILES string of the molecule is CSCCN(C)Cc1ccc2c(c1)NCC2. The van der Waals surface area contributed by atoms with Crippen LogP contribution in [0.15, 0.2) is 18.2 Å². The Morgan fingerprint density at radius 2 is 2.31 bits per heavy atom. The topological polar surface area (TPSA) is 15.3 Å². The first-order chi connectivity index (χ1) is 7.79. The average molecular weight is 236 g/mol. The van der Waals surface area contributed by atoms with Gasteiger partial charge in [0.1, 0.15) is 0 Å². The monoisotopic (exact) mass is 236 g/mol. The summed E-state index contributed by atoms with van der Waals surface area (Å²) >= 11 is 1.91. The summed E-state index contributed by atoms with van der Waals surface area (Å²) in [5, 5.41) is 3.43. The molecule has 0 saturated carbocycles. The van der Waals surface area contributed by atoms with Crippen LogP contribution < -0.4 is 5.32 Å². The molecular weight excluding hydrogens is 216 g/mol. The van der Waals surface area contributed by atoms with Crippen LogP contribution in [0.5, 0.6) is 0 Å². The smallest absolute Gasteiger partial charge is 0.0376 e. The number of nitrogens with zero attached hydrogens (tertiary/aromatic N) is 1. The molecule has 88 valence electrons. The molecular formula is C13H20N2S. The van der Waals surface area contributed by atoms with Gasteiger partial charge in [-0.3, -0.25) is 0 Å². The van der Waals surface area contributed by atoms with E-state index in [0.717, 1.165) is 19.6 Å². The first-order valence-corrected chi connectivity index (χ1v) is 7.22. The van der Waals surface area contributed by atoms with Crippen molar-refractivity contribution in [3.63, 3.8) is 0 Å². The van der Waals surface area contributed by atoms with E-state index < -0.39 is 0 Å². The van der Waals surface area contributed by atoms with Gasteiger partial charge in [0.15, 0.2) is 0 Å². The molecule has 0 spiro atoms. The Labute approximate surface area is 102 Å². The molecule has 0 bridgehead atoms. The van der Waals surface area contributed by atoms with Gasteiger partial charge in [-0.1, -0.05) is 12.1 Å². The van der Waals surface area contributed by atoms with Crippen molar-refractivity contribution in [1.82, 2.24) is 4.90 Å². The molecule has 1 aliphatic rings. The predicted molar refractivity (Wildman–Crippen MR) is 73.4 cm³/mol. The van der Waals surface area contributed by atoms with E-state index in [1.165, 1.54) is 29.0 Å². The summed E-state index contributed by atoms with van der Waals surface area (Å²) in [4.78, 5) is 2.38. The molecule has 1 aliphatic heterocycles. The molecule has 16 heavy (non-hydrogen) atoms. The van der Waals surface area contributed by atoms with Crippen LogP contribution in [0.25, 0.3) is 0 Å². The fourth-order valence-electron chi connectivity index (χ4n) is 2.07. The molecule has 1 heterocycles. The fourth-order valence-corrected chi connectivity index (χ4v) is 2.57. The Morgan fingerprint density at radius 3 is 3.12 bits per heavy atom. The molecule has 0 fully saturated rings. The summed E-state index contributed by atoms with van der Waals surface area (Å²) in [5.41, 5.74) is 4.23. The van der Waals surface area contributed by atoms with E-state index in [9.17, 15) is 0 Å². The van der Waals surface area contributed by atoms with E-state index in [1.807, 2.05) is 11.8 Å². The standard InChI is InChI=1S/C13H20N2S/c1-15(7-8-16-2)10-11-3-4-12-5-6-14-13(12)9-11/h3-4,9,14H,5-8,10H2,1-2H3. The number of fused-ring (bicyclic) bond motifs is 1. The van der Waals surface area contributed by atoms with Crippen molar-refractivity contribution in [1.29, 1.82) is 0 Å². The number of hydrogen-bond donors (Lipinski definition) is 1. The predicted octanol–water partition coefficient (Wildman–Crippen LogP) is 2.45. The lowest BCUT2D eigenvalue weighted by Crippen LogP contribution is -2.20. The fraction of sp³-hybridized carbons (Fsp3) is 0.538. The van der Waals surface area contributed by atoms with E-state index in [0.29, 0.717) is 0 Å². The molecule has 0 unspecified atom stereocenters. The van der Waals surface area contributed by atoms with Crippen LogP contribution in [0, 0.1) is 0 Å². The Morgan fingerprint density at radius 1 is 1.44 bits per heavy atom. The lowest BCUT2D eigenvalue weighted by atomic mass is 10.1. The van der Waals surface area contributed by atoms with E-state index in [-0.39, 0.29) is 0 Å². The highest BCUT2D eigenvalue weighted by molar-refractivity contribution is 7.98. The third kappa shape index (κ3) is 2.92. The molecule has 0 saturated heterocycles. The zero-order chi connectivity index (χ0) is 11.4. The summed E-state index contributed by atoms with van der Waals surface area (Å²) in [6.45, 7) is 3.31. The summed E-state index contributed by atoms with van der Waals surface area (Å²) in [5.74, 6) is 1.21. The van der Waals surface area contributed by atoms with Crippen molar-refractivity contribution in [2.24, 2.45) is 0 Å². The Hall–Kier alpha value is -0.670. The average Bonchev–Trinajstić information content (AvgIpc) is 2.73. The van der Waals surface area contributed by atoms with Crippen molar-refractivity contribution in [2.75, 3.05) is 37.5 Å². The third-order valence-corrected chi connectivity index (χ3v) is 3.60. The summed E-state index contributed by atoms with van der Waals surface area (Å²) in [6.07, 6.45) is 3.34. The molecule has 1 aromatic rings. The normalized spacial score (nSPS) is 13.9. The largest absolute Gasteiger partial charge is 0.384 e. The highest BCUT2D eigenvalue weighted by atomic mass is 32.2. The van der Waals surface area contributed by atoms with E-state index in [2.05, 4.69) is 41.7 Å². The van der Waals surface area contributed by atoms with Gasteiger partial charge in [0, 0.05) is 31.1 Å². The quantitative estimate of drug-likeness (QED) is 0.845. The van der Waals surface area contributed by atoms with Crippen molar-refractivity contribution >= 4 is 17.4 Å². The maximum Gasteiger partial charge on any atom is 0.0376 e. The van der Waals surface area contributed by atoms with Gasteiger partial charge in [0.25, 0.3) is 0 Å². The van der Waals surface area contributed by atoms with Gasteiger partial charge in [-0.05, 0) is 36.9 Å². The van der Waals surface area contributed by atoms with Gasteiger partial charge in [0.2, 0.25) is 0 Å². The number of nitrogens with one attached hydrogen (secondary N) is 1. The van der Waals surface area contributed by atoms with Gasteiger partial charge in [0.05, 0.1) is 0 Å². The summed E-state index contributed by atoms with van der Waals surface area (Å²) < 4.78 is 0. The molecule has 0 aliphatic carbocycles. The Kier molecular flexibility index (Phi) is 4.13. The molecule has 0 aromatic heterocycles. The molecule has 2 nitrogen and oxygen atoms in total. The second-order valence-corrected chi connectivity index (χ2v) is 5.38. The molecule has 0 amide bonds. The minimum Gasteiger partial charge on any atom is -0.384 e. The zero-order valence-electron chi connectivity index (χ0n) is 10.1. The van der Waals surface area contributed by atoms with Gasteiger partial charge in [-0.25, -0.2) is 0 Å². The van der Waals surface area contributed by atoms with Crippen LogP contribution >= 0.6 is 11.8 Å². The Balaban J connectivity index is 1.94. The minimum absolute atomic E-state index is 1.05. The molecule has 0 atom stereocenters. The highest BCUT2D eigenvalue weighted by Gasteiger charge is 2.10. The van der Waals surface area contributed by atoms with Gasteiger partial charge in [-0.2, -0.15) is 11.8 Å². The minimum atomic E-state index is 1.05. The highest BCUT2D eigenvalue weighted by Crippen LogP contribution is 2.23. The van der Waals surface area contributed by atoms with Crippen LogP contribution in [0.2, 0.25) is 0 Å². The number of rotatable bonds is 5. The first kappa shape index (κ1) is 11.8. The zero-order valence-corrected chi connectivity index (χ0v) is 10.9. The first-order valence-electron chi connectivity index (χ1n) is 5.83. The lowest BCUT2D eigenvalue weighted by molar-refractivity contribution is 0.349. The van der Waals surface area contributed by atoms with Gasteiger partial charge in [-0.15, -0.1) is 0 Å². The maximum absolute atomic E-state index is 3.43. The second kappa shape index (κ2) is 5.60. The van der Waals surface area contributed by atoms with Crippen LogP contribution in [0.3, 0.4) is 0 Å². The molecule has 3 heteroatoms. The number of anilines is 1. The van der Waals surface area contributed by atoms with Crippen LogP contribution in [0.1, 0.15) is 11.1 Å². The van der Waals surface area contributed by atoms with Gasteiger partial charge < -0.3 is 10.2 Å². The van der Waals surface area contributed by atoms with E-state index in [1.54, 1.807) is 0 Å². The van der Waals surface area contributed by atoms with E-state index in [4.69, 9.17) is 0 Å². The van der Waals surface area contributed by atoms with Crippen LogP contribution in [-0.4, -0.2) is 37.0 Å². The third-order valence-electron chi connectivity index (χ3n) is 3.01. The van der Waals surface area contributed by atoms with Crippen LogP contribution in [0.4, 0.5) is 5.69 Å². The summed E-state index contributed by atoms with van der Waals surface area (Å²) in [6, 6.07) is 6.84. The molecule has 2 rings (SSSR count). The van der Waals surface area contributed by atoms with Crippen molar-refractivity contribution < 1.29 is 0 Å². The Bertz CT molecular complexity index is 352. The molecule has 1 aromatic carbocycles. The second-order valence-electron chi connectivity index (χ2n) is 4.40.